The Labute approximate surface area is 126 Å². The van der Waals surface area contributed by atoms with Crippen LogP contribution in [0.3, 0.4) is 0 Å². The van der Waals surface area contributed by atoms with Gasteiger partial charge in [0.05, 0.1) is 23.0 Å². The summed E-state index contributed by atoms with van der Waals surface area (Å²) >= 11 is 6.39. The highest BCUT2D eigenvalue weighted by Crippen LogP contribution is 2.25. The zero-order valence-electron chi connectivity index (χ0n) is 12.8. The topological polar surface area (TPSA) is 39.1 Å². The molecule has 5 heteroatoms. The summed E-state index contributed by atoms with van der Waals surface area (Å²) in [6.45, 7) is 6.96. The molecular weight excluding hydrogens is 274 g/mol. The summed E-state index contributed by atoms with van der Waals surface area (Å²) < 4.78 is 7.57. The van der Waals surface area contributed by atoms with Crippen molar-refractivity contribution in [2.24, 2.45) is 13.0 Å². The first-order valence-corrected chi connectivity index (χ1v) is 8.00. The Bertz CT molecular complexity index is 427. The summed E-state index contributed by atoms with van der Waals surface area (Å²) in [5.74, 6) is 0.571. The minimum Gasteiger partial charge on any atom is -0.381 e. The van der Waals surface area contributed by atoms with Gasteiger partial charge < -0.3 is 10.1 Å². The predicted molar refractivity (Wildman–Crippen MR) is 82.3 cm³/mol. The lowest BCUT2D eigenvalue weighted by Gasteiger charge is -2.31. The van der Waals surface area contributed by atoms with Crippen molar-refractivity contribution in [2.75, 3.05) is 19.8 Å². The molecule has 1 N–H and O–H groups in total. The first-order valence-electron chi connectivity index (χ1n) is 7.62. The van der Waals surface area contributed by atoms with Gasteiger partial charge in [-0.15, -0.1) is 0 Å². The van der Waals surface area contributed by atoms with Crippen molar-refractivity contribution in [1.82, 2.24) is 15.1 Å². The molecule has 1 aliphatic rings. The first kappa shape index (κ1) is 15.8. The van der Waals surface area contributed by atoms with Crippen LogP contribution >= 0.6 is 11.6 Å². The fourth-order valence-corrected chi connectivity index (χ4v) is 3.17. The van der Waals surface area contributed by atoms with Gasteiger partial charge in [-0.3, -0.25) is 4.68 Å². The molecule has 1 aromatic heterocycles. The van der Waals surface area contributed by atoms with Crippen LogP contribution in [0.2, 0.25) is 5.02 Å². The molecule has 0 saturated carbocycles. The Hall–Kier alpha value is -0.580. The van der Waals surface area contributed by atoms with Crippen molar-refractivity contribution in [3.63, 3.8) is 0 Å². The Morgan fingerprint density at radius 1 is 1.55 bits per heavy atom. The van der Waals surface area contributed by atoms with E-state index in [4.69, 9.17) is 16.3 Å². The zero-order chi connectivity index (χ0) is 14.5. The number of hydrogen-bond donors (Lipinski definition) is 1. The summed E-state index contributed by atoms with van der Waals surface area (Å²) in [5.41, 5.74) is 2.04. The van der Waals surface area contributed by atoms with Crippen molar-refractivity contribution >= 4 is 11.6 Å². The lowest BCUT2D eigenvalue weighted by molar-refractivity contribution is 0.0391. The van der Waals surface area contributed by atoms with Crippen LogP contribution in [-0.4, -0.2) is 35.6 Å². The molecule has 114 valence electrons. The van der Waals surface area contributed by atoms with Crippen LogP contribution in [-0.2, 0) is 18.2 Å². The minimum atomic E-state index is 0.419. The SMILES string of the molecule is CCCNC(Cc1c(Cl)c(C)nn1C)C1CCCOC1. The molecule has 0 radical (unpaired) electrons. The Balaban J connectivity index is 2.09. The third-order valence-electron chi connectivity index (χ3n) is 4.10. The largest absolute Gasteiger partial charge is 0.381 e. The third-order valence-corrected chi connectivity index (χ3v) is 4.59. The van der Waals surface area contributed by atoms with Gasteiger partial charge >= 0.3 is 0 Å². The second kappa shape index (κ2) is 7.43. The van der Waals surface area contributed by atoms with Crippen LogP contribution in [0, 0.1) is 12.8 Å². The van der Waals surface area contributed by atoms with Crippen LogP contribution in [0.25, 0.3) is 0 Å². The Kier molecular flexibility index (Phi) is 5.87. The number of hydrogen-bond acceptors (Lipinski definition) is 3. The van der Waals surface area contributed by atoms with E-state index in [1.165, 1.54) is 6.42 Å². The van der Waals surface area contributed by atoms with E-state index in [0.717, 1.165) is 55.4 Å². The lowest BCUT2D eigenvalue weighted by atomic mass is 9.90. The molecule has 4 nitrogen and oxygen atoms in total. The van der Waals surface area contributed by atoms with Crippen LogP contribution < -0.4 is 5.32 Å². The molecule has 2 rings (SSSR count). The predicted octanol–water partition coefficient (Wildman–Crippen LogP) is 2.72. The van der Waals surface area contributed by atoms with Gasteiger partial charge in [-0.05, 0) is 38.6 Å². The Morgan fingerprint density at radius 2 is 2.35 bits per heavy atom. The molecule has 1 aliphatic heterocycles. The number of aromatic nitrogens is 2. The molecular formula is C15H26ClN3O. The van der Waals surface area contributed by atoms with Gasteiger partial charge in [-0.2, -0.15) is 5.10 Å². The summed E-state index contributed by atoms with van der Waals surface area (Å²) in [7, 11) is 1.97. The Morgan fingerprint density at radius 3 is 2.90 bits per heavy atom. The van der Waals surface area contributed by atoms with Crippen molar-refractivity contribution in [1.29, 1.82) is 0 Å². The fourth-order valence-electron chi connectivity index (χ4n) is 2.93. The van der Waals surface area contributed by atoms with Crippen LogP contribution in [0.5, 0.6) is 0 Å². The zero-order valence-corrected chi connectivity index (χ0v) is 13.5. The van der Waals surface area contributed by atoms with Crippen molar-refractivity contribution in [3.05, 3.63) is 16.4 Å². The average Bonchev–Trinajstić information content (AvgIpc) is 2.70. The molecule has 2 atom stereocenters. The maximum Gasteiger partial charge on any atom is 0.0847 e. The van der Waals surface area contributed by atoms with E-state index < -0.39 is 0 Å². The molecule has 2 unspecified atom stereocenters. The number of halogens is 1. The molecule has 1 fully saturated rings. The quantitative estimate of drug-likeness (QED) is 0.878. The molecule has 0 aliphatic carbocycles. The molecule has 0 aromatic carbocycles. The van der Waals surface area contributed by atoms with Crippen LogP contribution in [0.1, 0.15) is 37.6 Å². The highest BCUT2D eigenvalue weighted by molar-refractivity contribution is 6.31. The fraction of sp³-hybridized carbons (Fsp3) is 0.800. The minimum absolute atomic E-state index is 0.419. The van der Waals surface area contributed by atoms with Gasteiger partial charge in [0.2, 0.25) is 0 Å². The molecule has 0 amide bonds. The van der Waals surface area contributed by atoms with E-state index in [9.17, 15) is 0 Å². The summed E-state index contributed by atoms with van der Waals surface area (Å²) in [6.07, 6.45) is 4.45. The van der Waals surface area contributed by atoms with Gasteiger partial charge in [0.15, 0.2) is 0 Å². The second-order valence-electron chi connectivity index (χ2n) is 5.71. The first-order chi connectivity index (χ1) is 9.63. The maximum absolute atomic E-state index is 6.39. The van der Waals surface area contributed by atoms with Gasteiger partial charge in [0.25, 0.3) is 0 Å². The number of ether oxygens (including phenoxy) is 1. The highest BCUT2D eigenvalue weighted by atomic mass is 35.5. The number of aryl methyl sites for hydroxylation is 2. The standard InChI is InChI=1S/C15H26ClN3O/c1-4-7-17-13(12-6-5-8-20-10-12)9-14-15(16)11(2)18-19(14)3/h12-13,17H,4-10H2,1-3H3. The van der Waals surface area contributed by atoms with Gasteiger partial charge in [-0.1, -0.05) is 18.5 Å². The van der Waals surface area contributed by atoms with Gasteiger partial charge in [0, 0.05) is 26.1 Å². The third kappa shape index (κ3) is 3.74. The van der Waals surface area contributed by atoms with Crippen molar-refractivity contribution < 1.29 is 4.74 Å². The molecule has 20 heavy (non-hydrogen) atoms. The molecule has 1 saturated heterocycles. The van der Waals surface area contributed by atoms with Crippen molar-refractivity contribution in [3.8, 4) is 0 Å². The van der Waals surface area contributed by atoms with E-state index in [2.05, 4.69) is 17.3 Å². The average molecular weight is 300 g/mol. The van der Waals surface area contributed by atoms with E-state index in [0.29, 0.717) is 12.0 Å². The molecule has 1 aromatic rings. The van der Waals surface area contributed by atoms with E-state index in [1.807, 2.05) is 18.7 Å². The smallest absolute Gasteiger partial charge is 0.0847 e. The summed E-state index contributed by atoms with van der Waals surface area (Å²) in [6, 6.07) is 0.419. The van der Waals surface area contributed by atoms with Crippen molar-refractivity contribution in [2.45, 2.75) is 45.6 Å². The van der Waals surface area contributed by atoms with Gasteiger partial charge in [0.1, 0.15) is 0 Å². The van der Waals surface area contributed by atoms with E-state index in [-0.39, 0.29) is 0 Å². The molecule has 2 heterocycles. The monoisotopic (exact) mass is 299 g/mol. The lowest BCUT2D eigenvalue weighted by Crippen LogP contribution is -2.42. The van der Waals surface area contributed by atoms with Crippen LogP contribution in [0.15, 0.2) is 0 Å². The second-order valence-corrected chi connectivity index (χ2v) is 6.09. The van der Waals surface area contributed by atoms with E-state index >= 15 is 0 Å². The number of nitrogens with one attached hydrogen (secondary N) is 1. The summed E-state index contributed by atoms with van der Waals surface area (Å²) in [5, 5.41) is 8.90. The number of rotatable bonds is 6. The highest BCUT2D eigenvalue weighted by Gasteiger charge is 2.26. The van der Waals surface area contributed by atoms with Crippen LogP contribution in [0.4, 0.5) is 0 Å². The normalized spacial score (nSPS) is 21.1. The summed E-state index contributed by atoms with van der Waals surface area (Å²) in [4.78, 5) is 0. The van der Waals surface area contributed by atoms with E-state index in [1.54, 1.807) is 0 Å². The maximum atomic E-state index is 6.39. The molecule has 0 spiro atoms. The number of nitrogens with zero attached hydrogens (tertiary/aromatic N) is 2. The molecule has 0 bridgehead atoms. The van der Waals surface area contributed by atoms with Gasteiger partial charge in [-0.25, -0.2) is 0 Å².